The second-order valence-corrected chi connectivity index (χ2v) is 35.0. The number of aryl methyl sites for hydroxylation is 2. The first-order chi connectivity index (χ1) is 48.4. The average Bonchev–Trinajstić information content (AvgIpc) is 1.52. The molecule has 3 aromatic carbocycles. The Balaban J connectivity index is 1.06. The summed E-state index contributed by atoms with van der Waals surface area (Å²) in [6.45, 7) is 13.9. The molecule has 8 heteroatoms. The van der Waals surface area contributed by atoms with Crippen LogP contribution >= 0.6 is 46.1 Å². The van der Waals surface area contributed by atoms with E-state index in [2.05, 4.69) is 90.1 Å². The molecule has 542 valence electrons. The van der Waals surface area contributed by atoms with Gasteiger partial charge in [0, 0.05) is 47.0 Å². The third-order valence-electron chi connectivity index (χ3n) is 23.7. The molecule has 4 heterocycles. The maximum Gasteiger partial charge on any atom is 0.114 e. The minimum Gasteiger partial charge on any atom is -0.173 e. The molecule has 0 amide bonds. The van der Waals surface area contributed by atoms with E-state index in [1.54, 1.807) is 22.3 Å². The van der Waals surface area contributed by atoms with Crippen LogP contribution in [0.5, 0.6) is 0 Å². The van der Waals surface area contributed by atoms with Crippen LogP contribution in [0.2, 0.25) is 0 Å². The van der Waals surface area contributed by atoms with Gasteiger partial charge in [0.15, 0.2) is 0 Å². The van der Waals surface area contributed by atoms with E-state index >= 15 is 0 Å². The highest BCUT2D eigenvalue weighted by atomic mass is 32.1. The summed E-state index contributed by atoms with van der Waals surface area (Å²) >= 11 is 6.77. The zero-order chi connectivity index (χ0) is 68.3. The van der Waals surface area contributed by atoms with Gasteiger partial charge in [-0.25, -0.2) is 0 Å². The van der Waals surface area contributed by atoms with Crippen molar-refractivity contribution in [1.29, 1.82) is 0 Å². The molecule has 0 aliphatic heterocycles. The van der Waals surface area contributed by atoms with Gasteiger partial charge in [-0.1, -0.05) is 368 Å². The van der Waals surface area contributed by atoms with Gasteiger partial charge in [0.1, 0.15) is 22.1 Å². The molecule has 7 aromatic rings. The number of hydrogen-bond acceptors (Lipinski definition) is 8. The van der Waals surface area contributed by atoms with E-state index in [1.807, 2.05) is 22.7 Å². The summed E-state index contributed by atoms with van der Waals surface area (Å²) in [5.41, 5.74) is 19.1. The Morgan fingerprint density at radius 1 is 0.255 bits per heavy atom. The van der Waals surface area contributed by atoms with Gasteiger partial charge >= 0.3 is 0 Å². The number of thiophene rings is 2. The molecule has 98 heavy (non-hydrogen) atoms. The molecule has 0 spiro atoms. The van der Waals surface area contributed by atoms with Gasteiger partial charge in [0.2, 0.25) is 0 Å². The van der Waals surface area contributed by atoms with Crippen LogP contribution < -0.4 is 0 Å². The maximum atomic E-state index is 5.52. The molecular formula is C90H138N4S4. The normalized spacial score (nSPS) is 13.6. The number of rotatable bonds is 58. The molecule has 0 N–H and O–H groups in total. The van der Waals surface area contributed by atoms with Crippen LogP contribution in [-0.2, 0) is 10.8 Å². The largest absolute Gasteiger partial charge is 0.173 e. The first kappa shape index (κ1) is 78.8. The summed E-state index contributed by atoms with van der Waals surface area (Å²) in [4.78, 5) is 5.43. The van der Waals surface area contributed by atoms with Crippen LogP contribution in [0, 0.1) is 13.8 Å². The van der Waals surface area contributed by atoms with Crippen LogP contribution in [0.25, 0.3) is 64.5 Å². The number of nitrogens with zero attached hydrogens (tertiary/aromatic N) is 4. The molecule has 2 aliphatic rings. The van der Waals surface area contributed by atoms with E-state index in [0.717, 1.165) is 16.6 Å². The second-order valence-electron chi connectivity index (χ2n) is 31.5. The minimum atomic E-state index is -0.133. The zero-order valence-corrected chi connectivity index (χ0v) is 66.9. The van der Waals surface area contributed by atoms with Crippen molar-refractivity contribution in [2.75, 3.05) is 0 Å². The van der Waals surface area contributed by atoms with Crippen molar-refractivity contribution in [3.8, 4) is 42.4 Å². The fourth-order valence-electron chi connectivity index (χ4n) is 17.9. The number of benzene rings is 3. The number of hydrogen-bond donors (Lipinski definition) is 0. The zero-order valence-electron chi connectivity index (χ0n) is 63.6. The molecule has 0 saturated carbocycles. The lowest BCUT2D eigenvalue weighted by molar-refractivity contribution is 0.393. The van der Waals surface area contributed by atoms with Crippen LogP contribution in [0.1, 0.15) is 420 Å². The summed E-state index contributed by atoms with van der Waals surface area (Å²) < 4.78 is 21.4. The molecule has 4 nitrogen and oxygen atoms in total. The molecule has 0 atom stereocenters. The van der Waals surface area contributed by atoms with Crippen molar-refractivity contribution in [1.82, 2.24) is 17.5 Å². The van der Waals surface area contributed by atoms with Crippen LogP contribution in [0.3, 0.4) is 0 Å². The van der Waals surface area contributed by atoms with E-state index in [4.69, 9.17) is 17.5 Å². The third kappa shape index (κ3) is 22.4. The Kier molecular flexibility index (Phi) is 35.7. The van der Waals surface area contributed by atoms with Gasteiger partial charge in [-0.2, -0.15) is 17.5 Å². The van der Waals surface area contributed by atoms with Crippen molar-refractivity contribution in [3.05, 3.63) is 81.2 Å². The molecule has 9 rings (SSSR count). The number of unbranched alkanes of at least 4 members (excludes halogenated alkanes) is 48. The molecule has 0 radical (unpaired) electrons. The molecule has 0 fully saturated rings. The van der Waals surface area contributed by atoms with Gasteiger partial charge in [0.25, 0.3) is 0 Å². The van der Waals surface area contributed by atoms with E-state index < -0.39 is 0 Å². The summed E-state index contributed by atoms with van der Waals surface area (Å²) in [5, 5.41) is 0. The Morgan fingerprint density at radius 2 is 0.520 bits per heavy atom. The highest BCUT2D eigenvalue weighted by Crippen LogP contribution is 2.63. The van der Waals surface area contributed by atoms with Gasteiger partial charge in [-0.3, -0.25) is 0 Å². The van der Waals surface area contributed by atoms with Crippen LogP contribution in [0.15, 0.2) is 48.5 Å². The molecule has 0 bridgehead atoms. The van der Waals surface area contributed by atoms with Crippen molar-refractivity contribution < 1.29 is 0 Å². The van der Waals surface area contributed by atoms with Gasteiger partial charge in [-0.15, -0.1) is 22.7 Å². The topological polar surface area (TPSA) is 51.6 Å². The highest BCUT2D eigenvalue weighted by molar-refractivity contribution is 7.24. The second kappa shape index (κ2) is 44.4. The molecular weight excluding hydrogens is 1270 g/mol. The third-order valence-corrected chi connectivity index (χ3v) is 27.1. The SMILES string of the molecule is CCCCCCCCCCCCCCCC1(CCCCCCCCCCCCCCC)c2cc3c(cc2-c2c1cc(C)c1nsnc21)C(CCCCCCCCCCCCCCC)(CCCCCCCCCCCCCCC)c1cc(-c2ccc(-c4ccc(C)s4)s2)c2nsnc2c1-3. The van der Waals surface area contributed by atoms with E-state index in [9.17, 15) is 0 Å². The molecule has 4 aromatic heterocycles. The van der Waals surface area contributed by atoms with Crippen LogP contribution in [0.4, 0.5) is 0 Å². The highest BCUT2D eigenvalue weighted by Gasteiger charge is 2.50. The standard InChI is InChI=1S/C90H138N4S4/c1-7-11-15-19-23-27-31-35-39-43-47-51-55-63-89(64-56-52-48-44-40-36-32-28-24-20-16-12-8-2)76-69-74-77(68-73(76)83-78(89)67-71(5)85-87(83)93-97-91-85)90(65-57-53-49-45-41-37-33-29-25-21-17-13-9-3,66-58-54-50-46-42-38-34-30-26-22-18-14-10-4)79-70-75(86-88(84(74)79)94-98-92-86)80-61-62-82(96-80)81-60-59-72(6)95-81/h59-62,67-70H,7-58,63-66H2,1-6H3. The van der Waals surface area contributed by atoms with Crippen molar-refractivity contribution in [3.63, 3.8) is 0 Å². The van der Waals surface area contributed by atoms with Crippen LogP contribution in [-0.4, -0.2) is 17.5 Å². The van der Waals surface area contributed by atoms with Crippen molar-refractivity contribution in [2.24, 2.45) is 0 Å². The lowest BCUT2D eigenvalue weighted by atomic mass is 9.68. The first-order valence-corrected chi connectivity index (χ1v) is 45.4. The fraction of sp³-hybridized carbons (Fsp3) is 0.711. The first-order valence-electron chi connectivity index (χ1n) is 42.3. The molecule has 2 aliphatic carbocycles. The predicted molar refractivity (Wildman–Crippen MR) is 438 cm³/mol. The summed E-state index contributed by atoms with van der Waals surface area (Å²) in [6, 6.07) is 20.5. The Hall–Kier alpha value is -3.30. The minimum absolute atomic E-state index is 0.0831. The van der Waals surface area contributed by atoms with Gasteiger partial charge < -0.3 is 0 Å². The van der Waals surface area contributed by atoms with Crippen molar-refractivity contribution >= 4 is 68.2 Å². The number of aromatic nitrogens is 4. The molecule has 0 saturated heterocycles. The lowest BCUT2D eigenvalue weighted by Crippen LogP contribution is -2.27. The average molecular weight is 1400 g/mol. The molecule has 0 unspecified atom stereocenters. The van der Waals surface area contributed by atoms with Gasteiger partial charge in [-0.05, 0) is 121 Å². The summed E-state index contributed by atoms with van der Waals surface area (Å²) in [7, 11) is 0. The predicted octanol–water partition coefficient (Wildman–Crippen LogP) is 32.2. The van der Waals surface area contributed by atoms with E-state index in [1.165, 1.54) is 441 Å². The lowest BCUT2D eigenvalue weighted by Gasteiger charge is -2.35. The Morgan fingerprint density at radius 3 is 0.857 bits per heavy atom. The fourth-order valence-corrected chi connectivity index (χ4v) is 21.1. The van der Waals surface area contributed by atoms with Crippen molar-refractivity contribution in [2.45, 2.75) is 412 Å². The number of fused-ring (bicyclic) bond motifs is 10. The Labute approximate surface area is 616 Å². The van der Waals surface area contributed by atoms with E-state index in [-0.39, 0.29) is 10.8 Å². The van der Waals surface area contributed by atoms with Gasteiger partial charge in [0.05, 0.1) is 23.5 Å². The Bertz CT molecular complexity index is 3250. The summed E-state index contributed by atoms with van der Waals surface area (Å²) in [5.74, 6) is 0. The summed E-state index contributed by atoms with van der Waals surface area (Å²) in [6.07, 6.45) is 76.7. The quantitative estimate of drug-likeness (QED) is 0.0357. The monoisotopic (exact) mass is 1400 g/mol. The maximum absolute atomic E-state index is 5.52. The van der Waals surface area contributed by atoms with E-state index in [0.29, 0.717) is 0 Å². The smallest absolute Gasteiger partial charge is 0.114 e.